The quantitative estimate of drug-likeness (QED) is 0.394. The van der Waals surface area contributed by atoms with Crippen LogP contribution in [0.4, 0.5) is 0 Å². The summed E-state index contributed by atoms with van der Waals surface area (Å²) in [6.45, 7) is 0. The minimum Gasteiger partial charge on any atom is -0.481 e. The Morgan fingerprint density at radius 1 is 1.04 bits per heavy atom. The van der Waals surface area contributed by atoms with Crippen molar-refractivity contribution in [3.05, 3.63) is 33.8 Å². The van der Waals surface area contributed by atoms with Gasteiger partial charge < -0.3 is 20.4 Å². The molecule has 4 N–H and O–H groups in total. The zero-order valence-corrected chi connectivity index (χ0v) is 15.8. The van der Waals surface area contributed by atoms with E-state index in [1.54, 1.807) is 12.1 Å². The van der Waals surface area contributed by atoms with E-state index in [1.165, 1.54) is 0 Å². The number of unbranched alkanes of at least 4 members (excludes halogenated alkanes) is 4. The van der Waals surface area contributed by atoms with Gasteiger partial charge in [0.1, 0.15) is 0 Å². The summed E-state index contributed by atoms with van der Waals surface area (Å²) in [6.07, 6.45) is 2.19. The molecule has 2 unspecified atom stereocenters. The van der Waals surface area contributed by atoms with Crippen LogP contribution in [0.2, 0.25) is 10.0 Å². The normalized spacial score (nSPS) is 14.6. The van der Waals surface area contributed by atoms with Crippen LogP contribution in [0.15, 0.2) is 18.2 Å². The number of hydrogen-bond acceptors (Lipinski definition) is 4. The predicted octanol–water partition coefficient (Wildman–Crippen LogP) is 3.53. The molecule has 0 amide bonds. The lowest BCUT2D eigenvalue weighted by Gasteiger charge is -2.27. The second-order valence-corrected chi connectivity index (χ2v) is 7.20. The molecule has 1 aromatic carbocycles. The van der Waals surface area contributed by atoms with E-state index in [9.17, 15) is 19.8 Å². The van der Waals surface area contributed by atoms with Crippen molar-refractivity contribution in [2.24, 2.45) is 0 Å². The first-order valence-corrected chi connectivity index (χ1v) is 9.22. The number of aliphatic hydroxyl groups excluding tert-OH is 1. The SMILES string of the molecule is O=C(O)CC(O)(C(=O)O)C(O)CCCCCCCc1ccc(Cl)cc1Cl. The number of benzene rings is 1. The molecular weight excluding hydrogens is 383 g/mol. The molecule has 8 heteroatoms. The molecule has 26 heavy (non-hydrogen) atoms. The average Bonchev–Trinajstić information content (AvgIpc) is 2.54. The van der Waals surface area contributed by atoms with E-state index in [0.29, 0.717) is 16.5 Å². The van der Waals surface area contributed by atoms with Gasteiger partial charge in [-0.15, -0.1) is 0 Å². The summed E-state index contributed by atoms with van der Waals surface area (Å²) in [5.41, 5.74) is -1.62. The molecule has 0 heterocycles. The number of carbonyl (C=O) groups is 2. The second-order valence-electron chi connectivity index (χ2n) is 6.36. The van der Waals surface area contributed by atoms with Gasteiger partial charge in [0.15, 0.2) is 5.60 Å². The van der Waals surface area contributed by atoms with Crippen LogP contribution in [-0.2, 0) is 16.0 Å². The fourth-order valence-corrected chi connectivity index (χ4v) is 3.22. The van der Waals surface area contributed by atoms with Crippen molar-refractivity contribution < 1.29 is 30.0 Å². The zero-order chi connectivity index (χ0) is 19.7. The third-order valence-corrected chi connectivity index (χ3v) is 4.87. The Kier molecular flexibility index (Phi) is 9.36. The molecule has 1 rings (SSSR count). The van der Waals surface area contributed by atoms with E-state index in [0.717, 1.165) is 37.7 Å². The van der Waals surface area contributed by atoms with Crippen LogP contribution >= 0.6 is 23.2 Å². The summed E-state index contributed by atoms with van der Waals surface area (Å²) in [5, 5.41) is 38.7. The average molecular weight is 407 g/mol. The van der Waals surface area contributed by atoms with E-state index in [4.69, 9.17) is 33.4 Å². The highest BCUT2D eigenvalue weighted by molar-refractivity contribution is 6.35. The predicted molar refractivity (Wildman–Crippen MR) is 98.7 cm³/mol. The lowest BCUT2D eigenvalue weighted by atomic mass is 9.89. The van der Waals surface area contributed by atoms with E-state index in [-0.39, 0.29) is 6.42 Å². The number of aliphatic hydroxyl groups is 2. The highest BCUT2D eigenvalue weighted by Gasteiger charge is 2.45. The van der Waals surface area contributed by atoms with E-state index < -0.39 is 30.1 Å². The maximum Gasteiger partial charge on any atom is 0.339 e. The molecule has 0 radical (unpaired) electrons. The molecule has 0 saturated heterocycles. The number of hydrogen-bond donors (Lipinski definition) is 4. The van der Waals surface area contributed by atoms with Gasteiger partial charge in [0.05, 0.1) is 12.5 Å². The van der Waals surface area contributed by atoms with Crippen molar-refractivity contribution >= 4 is 35.1 Å². The number of aliphatic carboxylic acids is 2. The third-order valence-electron chi connectivity index (χ3n) is 4.28. The van der Waals surface area contributed by atoms with E-state index in [1.807, 2.05) is 6.07 Å². The van der Waals surface area contributed by atoms with Gasteiger partial charge >= 0.3 is 11.9 Å². The van der Waals surface area contributed by atoms with Crippen molar-refractivity contribution in [2.75, 3.05) is 0 Å². The van der Waals surface area contributed by atoms with Crippen LogP contribution in [0.25, 0.3) is 0 Å². The van der Waals surface area contributed by atoms with Gasteiger partial charge in [-0.3, -0.25) is 4.79 Å². The molecule has 6 nitrogen and oxygen atoms in total. The number of carboxylic acid groups (broad SMARTS) is 2. The summed E-state index contributed by atoms with van der Waals surface area (Å²) in [4.78, 5) is 21.7. The number of halogens is 2. The fourth-order valence-electron chi connectivity index (χ4n) is 2.71. The molecule has 0 spiro atoms. The van der Waals surface area contributed by atoms with Crippen molar-refractivity contribution in [2.45, 2.75) is 63.1 Å². The molecule has 0 aliphatic carbocycles. The summed E-state index contributed by atoms with van der Waals surface area (Å²) >= 11 is 12.0. The van der Waals surface area contributed by atoms with Crippen LogP contribution < -0.4 is 0 Å². The van der Waals surface area contributed by atoms with Crippen LogP contribution in [0.1, 0.15) is 50.5 Å². The molecule has 0 aliphatic rings. The summed E-state index contributed by atoms with van der Waals surface area (Å²) in [6, 6.07) is 5.40. The zero-order valence-electron chi connectivity index (χ0n) is 14.3. The number of carboxylic acids is 2. The van der Waals surface area contributed by atoms with Crippen molar-refractivity contribution in [1.29, 1.82) is 0 Å². The first-order valence-electron chi connectivity index (χ1n) is 8.46. The lowest BCUT2D eigenvalue weighted by molar-refractivity contribution is -0.179. The van der Waals surface area contributed by atoms with Gasteiger partial charge in [0.25, 0.3) is 0 Å². The standard InChI is InChI=1S/C18H24Cl2O6/c19-13-9-8-12(14(20)10-13)6-4-2-1-3-5-7-15(21)18(26,17(24)25)11-16(22)23/h8-10,15,21,26H,1-7,11H2,(H,22,23)(H,24,25). The maximum absolute atomic E-state index is 11.1. The minimum absolute atomic E-state index is 0.0269. The van der Waals surface area contributed by atoms with Crippen LogP contribution in [-0.4, -0.2) is 44.1 Å². The highest BCUT2D eigenvalue weighted by atomic mass is 35.5. The monoisotopic (exact) mass is 406 g/mol. The van der Waals surface area contributed by atoms with Gasteiger partial charge in [0, 0.05) is 10.0 Å². The Morgan fingerprint density at radius 2 is 1.65 bits per heavy atom. The van der Waals surface area contributed by atoms with Gasteiger partial charge in [-0.05, 0) is 37.0 Å². The summed E-state index contributed by atoms with van der Waals surface area (Å²) in [5.74, 6) is -3.21. The number of rotatable bonds is 12. The van der Waals surface area contributed by atoms with Crippen molar-refractivity contribution in [1.82, 2.24) is 0 Å². The largest absolute Gasteiger partial charge is 0.481 e. The van der Waals surface area contributed by atoms with Crippen LogP contribution in [0.5, 0.6) is 0 Å². The van der Waals surface area contributed by atoms with Crippen molar-refractivity contribution in [3.63, 3.8) is 0 Å². The molecule has 0 bridgehead atoms. The molecule has 146 valence electrons. The van der Waals surface area contributed by atoms with Crippen molar-refractivity contribution in [3.8, 4) is 0 Å². The first-order chi connectivity index (χ1) is 12.2. The molecule has 0 fully saturated rings. The molecule has 0 aromatic heterocycles. The second kappa shape index (κ2) is 10.7. The van der Waals surface area contributed by atoms with Crippen LogP contribution in [0, 0.1) is 0 Å². The smallest absolute Gasteiger partial charge is 0.339 e. The Labute approximate surface area is 162 Å². The maximum atomic E-state index is 11.1. The Morgan fingerprint density at radius 3 is 2.23 bits per heavy atom. The first kappa shape index (κ1) is 22.7. The van der Waals surface area contributed by atoms with Crippen LogP contribution in [0.3, 0.4) is 0 Å². The summed E-state index contributed by atoms with van der Waals surface area (Å²) in [7, 11) is 0. The number of aryl methyl sites for hydroxylation is 1. The molecule has 0 saturated carbocycles. The lowest BCUT2D eigenvalue weighted by Crippen LogP contribution is -2.51. The molecular formula is C18H24Cl2O6. The van der Waals surface area contributed by atoms with E-state index >= 15 is 0 Å². The minimum atomic E-state index is -2.66. The Hall–Kier alpha value is -1.34. The molecule has 0 aliphatic heterocycles. The summed E-state index contributed by atoms with van der Waals surface area (Å²) < 4.78 is 0. The van der Waals surface area contributed by atoms with E-state index in [2.05, 4.69) is 0 Å². The highest BCUT2D eigenvalue weighted by Crippen LogP contribution is 2.24. The fraction of sp³-hybridized carbons (Fsp3) is 0.556. The van der Waals surface area contributed by atoms with Gasteiger partial charge in [-0.25, -0.2) is 4.79 Å². The van der Waals surface area contributed by atoms with Gasteiger partial charge in [0.2, 0.25) is 0 Å². The third kappa shape index (κ3) is 7.11. The Bertz CT molecular complexity index is 622. The van der Waals surface area contributed by atoms with Gasteiger partial charge in [-0.2, -0.15) is 0 Å². The molecule has 1 aromatic rings. The Balaban J connectivity index is 2.27. The molecule has 2 atom stereocenters. The topological polar surface area (TPSA) is 115 Å². The van der Waals surface area contributed by atoms with Gasteiger partial charge in [-0.1, -0.05) is 55.0 Å².